The van der Waals surface area contributed by atoms with Crippen molar-refractivity contribution in [2.45, 2.75) is 11.4 Å². The Morgan fingerprint density at radius 3 is 2.50 bits per heavy atom. The number of hydrogen-bond acceptors (Lipinski definition) is 8. The molecule has 1 aromatic heterocycles. The molecular formula is C24H22N4O5S. The maximum absolute atomic E-state index is 13.6. The fourth-order valence-corrected chi connectivity index (χ4v) is 5.02. The summed E-state index contributed by atoms with van der Waals surface area (Å²) in [6, 6.07) is 20.9. The van der Waals surface area contributed by atoms with Gasteiger partial charge in [0.25, 0.3) is 5.56 Å². The number of nitrogens with one attached hydrogen (secondary N) is 2. The first kappa shape index (κ1) is 21.8. The van der Waals surface area contributed by atoms with Gasteiger partial charge in [0.15, 0.2) is 5.84 Å². The van der Waals surface area contributed by atoms with E-state index in [9.17, 15) is 19.0 Å². The third-order valence-electron chi connectivity index (χ3n) is 5.54. The van der Waals surface area contributed by atoms with Gasteiger partial charge in [-0.05, 0) is 42.0 Å². The molecule has 5 rings (SSSR count). The van der Waals surface area contributed by atoms with Crippen LogP contribution in [0.3, 0.4) is 0 Å². The summed E-state index contributed by atoms with van der Waals surface area (Å²) in [6.45, 7) is 0.316. The molecule has 0 fully saturated rings. The highest BCUT2D eigenvalue weighted by molar-refractivity contribution is 8.23. The molecule has 5 N–H and O–H groups in total. The van der Waals surface area contributed by atoms with Crippen molar-refractivity contribution in [3.63, 3.8) is 0 Å². The van der Waals surface area contributed by atoms with Gasteiger partial charge in [-0.3, -0.25) is 13.9 Å². The van der Waals surface area contributed by atoms with E-state index in [1.165, 1.54) is 4.68 Å². The van der Waals surface area contributed by atoms with Crippen LogP contribution in [0.5, 0.6) is 11.5 Å². The summed E-state index contributed by atoms with van der Waals surface area (Å²) >= 11 is 0. The normalized spacial score (nSPS) is 15.1. The van der Waals surface area contributed by atoms with Crippen LogP contribution in [-0.4, -0.2) is 31.8 Å². The van der Waals surface area contributed by atoms with E-state index < -0.39 is 16.3 Å². The summed E-state index contributed by atoms with van der Waals surface area (Å²) in [5, 5.41) is 14.4. The number of ether oxygens (including phenoxy) is 1. The lowest BCUT2D eigenvalue weighted by atomic mass is 10.1. The average Bonchev–Trinajstić information content (AvgIpc) is 2.84. The molecule has 2 heterocycles. The number of aromatic nitrogens is 1. The van der Waals surface area contributed by atoms with Crippen LogP contribution in [0.1, 0.15) is 11.1 Å². The van der Waals surface area contributed by atoms with Gasteiger partial charge in [0.2, 0.25) is 0 Å². The second-order valence-electron chi connectivity index (χ2n) is 7.64. The van der Waals surface area contributed by atoms with E-state index in [1.54, 1.807) is 55.6 Å². The maximum atomic E-state index is 13.6. The highest BCUT2D eigenvalue weighted by Crippen LogP contribution is 2.55. The van der Waals surface area contributed by atoms with E-state index in [-0.39, 0.29) is 22.0 Å². The van der Waals surface area contributed by atoms with Gasteiger partial charge in [-0.25, -0.2) is 4.68 Å². The maximum Gasteiger partial charge on any atom is 0.284 e. The second kappa shape index (κ2) is 8.41. The largest absolute Gasteiger partial charge is 0.506 e. The van der Waals surface area contributed by atoms with Crippen LogP contribution in [-0.2, 0) is 6.54 Å². The monoisotopic (exact) mass is 478 g/mol. The van der Waals surface area contributed by atoms with Crippen LogP contribution in [0.25, 0.3) is 10.9 Å². The highest BCUT2D eigenvalue weighted by atomic mass is 32.3. The molecule has 34 heavy (non-hydrogen) atoms. The van der Waals surface area contributed by atoms with E-state index in [4.69, 9.17) is 4.74 Å². The molecule has 3 aromatic carbocycles. The molecule has 0 saturated heterocycles. The minimum absolute atomic E-state index is 0.119. The Hall–Kier alpha value is -3.99. The van der Waals surface area contributed by atoms with Crippen molar-refractivity contribution < 1.29 is 18.9 Å². The van der Waals surface area contributed by atoms with E-state index >= 15 is 0 Å². The molecule has 0 amide bonds. The Morgan fingerprint density at radius 2 is 1.74 bits per heavy atom. The molecule has 0 unspecified atom stereocenters. The number of rotatable bonds is 5. The molecule has 0 saturated carbocycles. The number of methoxy groups -OCH3 is 1. The van der Waals surface area contributed by atoms with Crippen LogP contribution >= 0.6 is 10.8 Å². The van der Waals surface area contributed by atoms with Crippen molar-refractivity contribution in [3.05, 3.63) is 94.3 Å². The first-order valence-electron chi connectivity index (χ1n) is 10.4. The first-order valence-corrected chi connectivity index (χ1v) is 11.9. The zero-order chi connectivity index (χ0) is 23.9. The van der Waals surface area contributed by atoms with Crippen molar-refractivity contribution in [2.75, 3.05) is 17.9 Å². The topological polar surface area (TPSA) is 128 Å². The fourth-order valence-electron chi connectivity index (χ4n) is 3.85. The van der Waals surface area contributed by atoms with Gasteiger partial charge in [-0.2, -0.15) is 0 Å². The molecule has 0 radical (unpaired) electrons. The van der Waals surface area contributed by atoms with Gasteiger partial charge >= 0.3 is 0 Å². The van der Waals surface area contributed by atoms with Gasteiger partial charge < -0.3 is 20.6 Å². The number of benzene rings is 3. The lowest BCUT2D eigenvalue weighted by Crippen LogP contribution is -2.36. The SMILES string of the molecule is COc1ccc(CNn2c(=O)c(C3=NS(O)(O)c4ccccc4N3)c(O)c3ccccc32)cc1. The van der Waals surface area contributed by atoms with Gasteiger partial charge in [0.1, 0.15) is 22.0 Å². The van der Waals surface area contributed by atoms with Crippen molar-refractivity contribution >= 4 is 33.2 Å². The second-order valence-corrected chi connectivity index (χ2v) is 9.30. The molecule has 10 heteroatoms. The summed E-state index contributed by atoms with van der Waals surface area (Å²) in [6.07, 6.45) is 0. The molecule has 4 aromatic rings. The Balaban J connectivity index is 1.62. The third kappa shape index (κ3) is 3.73. The molecule has 0 atom stereocenters. The molecule has 174 valence electrons. The van der Waals surface area contributed by atoms with Gasteiger partial charge in [-0.1, -0.05) is 47.2 Å². The van der Waals surface area contributed by atoms with E-state index in [2.05, 4.69) is 15.1 Å². The van der Waals surface area contributed by atoms with Crippen molar-refractivity contribution in [2.24, 2.45) is 4.40 Å². The van der Waals surface area contributed by atoms with Crippen LogP contribution in [0, 0.1) is 0 Å². The Kier molecular flexibility index (Phi) is 5.40. The summed E-state index contributed by atoms with van der Waals surface area (Å²) in [5.41, 5.74) is 4.11. The lowest BCUT2D eigenvalue weighted by molar-refractivity contribution is 0.414. The number of hydrogen-bond donors (Lipinski definition) is 5. The lowest BCUT2D eigenvalue weighted by Gasteiger charge is -2.34. The van der Waals surface area contributed by atoms with Crippen LogP contribution in [0.15, 0.2) is 86.9 Å². The predicted molar refractivity (Wildman–Crippen MR) is 134 cm³/mol. The quantitative estimate of drug-likeness (QED) is 0.288. The predicted octanol–water partition coefficient (Wildman–Crippen LogP) is 4.36. The zero-order valence-electron chi connectivity index (χ0n) is 18.1. The Labute approximate surface area is 196 Å². The summed E-state index contributed by atoms with van der Waals surface area (Å²) in [5.74, 6) is 0.301. The molecular weight excluding hydrogens is 456 g/mol. The van der Waals surface area contributed by atoms with Crippen LogP contribution in [0.4, 0.5) is 5.69 Å². The average molecular weight is 479 g/mol. The van der Waals surface area contributed by atoms with E-state index in [0.717, 1.165) is 11.3 Å². The summed E-state index contributed by atoms with van der Waals surface area (Å²) in [7, 11) is -1.98. The third-order valence-corrected chi connectivity index (χ3v) is 6.93. The summed E-state index contributed by atoms with van der Waals surface area (Å²) < 4.78 is 31.8. The van der Waals surface area contributed by atoms with E-state index in [0.29, 0.717) is 23.1 Å². The van der Waals surface area contributed by atoms with Crippen molar-refractivity contribution in [1.82, 2.24) is 4.68 Å². The minimum Gasteiger partial charge on any atom is -0.506 e. The zero-order valence-corrected chi connectivity index (χ0v) is 18.9. The number of anilines is 1. The smallest absolute Gasteiger partial charge is 0.284 e. The molecule has 1 aliphatic rings. The fraction of sp³-hybridized carbons (Fsp3) is 0.0833. The van der Waals surface area contributed by atoms with Crippen LogP contribution < -0.4 is 21.0 Å². The Morgan fingerprint density at radius 1 is 1.03 bits per heavy atom. The minimum atomic E-state index is -3.57. The number of pyridine rings is 1. The molecule has 1 aliphatic heterocycles. The summed E-state index contributed by atoms with van der Waals surface area (Å²) in [4.78, 5) is 13.8. The van der Waals surface area contributed by atoms with Crippen molar-refractivity contribution in [3.8, 4) is 11.5 Å². The van der Waals surface area contributed by atoms with E-state index in [1.807, 2.05) is 24.3 Å². The van der Waals surface area contributed by atoms with Crippen molar-refractivity contribution in [1.29, 1.82) is 0 Å². The first-order chi connectivity index (χ1) is 16.4. The van der Waals surface area contributed by atoms with Gasteiger partial charge in [0, 0.05) is 5.39 Å². The number of para-hydroxylation sites is 2. The number of nitrogens with zero attached hydrogens (tertiary/aromatic N) is 2. The highest BCUT2D eigenvalue weighted by Gasteiger charge is 2.30. The molecule has 0 spiro atoms. The van der Waals surface area contributed by atoms with Gasteiger partial charge in [0.05, 0.1) is 24.9 Å². The number of aromatic hydroxyl groups is 1. The Bertz CT molecular complexity index is 1480. The molecule has 0 bridgehead atoms. The van der Waals surface area contributed by atoms with Gasteiger partial charge in [-0.15, -0.1) is 4.40 Å². The number of amidine groups is 1. The standard InChI is InChI=1S/C24H22N4O5S/c1-33-16-12-10-15(11-13-16)14-25-28-19-8-4-2-6-17(19)22(29)21(24(28)30)23-26-18-7-3-5-9-20(18)34(31,32)27-23/h2-13,25,29,31-32H,14H2,1H3,(H,26,27). The number of fused-ring (bicyclic) bond motifs is 2. The molecule has 9 nitrogen and oxygen atoms in total. The van der Waals surface area contributed by atoms with Crippen LogP contribution in [0.2, 0.25) is 0 Å². The molecule has 0 aliphatic carbocycles.